The van der Waals surface area contributed by atoms with Crippen LogP contribution in [0.5, 0.6) is 0 Å². The molecule has 1 aliphatic rings. The Labute approximate surface area is 165 Å². The maximum absolute atomic E-state index is 11.9. The Bertz CT molecular complexity index is 1020. The Morgan fingerprint density at radius 3 is 2.33 bits per heavy atom. The van der Waals surface area contributed by atoms with Gasteiger partial charge in [0.15, 0.2) is 0 Å². The molecule has 1 saturated heterocycles. The molecule has 172 valence electrons. The molecular weight excluding hydrogens is 483 g/mol. The van der Waals surface area contributed by atoms with Crippen molar-refractivity contribution in [1.82, 2.24) is 9.55 Å². The van der Waals surface area contributed by atoms with E-state index < -0.39 is 59.4 Å². The highest BCUT2D eigenvalue weighted by Crippen LogP contribution is 2.66. The molecule has 0 amide bonds. The van der Waals surface area contributed by atoms with Gasteiger partial charge in [-0.15, -0.1) is 0 Å². The van der Waals surface area contributed by atoms with Crippen LogP contribution in [0.1, 0.15) is 12.6 Å². The highest BCUT2D eigenvalue weighted by atomic mass is 31.3. The molecule has 6 atom stereocenters. The zero-order chi connectivity index (χ0) is 22.9. The fourth-order valence-electron chi connectivity index (χ4n) is 2.34. The van der Waals surface area contributed by atoms with E-state index in [1.165, 1.54) is 0 Å². The molecule has 2 rings (SSSR count). The number of hydrogen-bond donors (Lipinski definition) is 7. The third kappa shape index (κ3) is 6.98. The van der Waals surface area contributed by atoms with Crippen LogP contribution in [0.15, 0.2) is 21.9 Å². The number of aliphatic hydroxyl groups is 1. The van der Waals surface area contributed by atoms with Crippen LogP contribution in [-0.4, -0.2) is 52.7 Å². The van der Waals surface area contributed by atoms with Crippen LogP contribution < -0.4 is 17.1 Å². The van der Waals surface area contributed by atoms with Crippen molar-refractivity contribution in [3.8, 4) is 0 Å². The van der Waals surface area contributed by atoms with Crippen LogP contribution in [0.2, 0.25) is 0 Å². The highest BCUT2D eigenvalue weighted by molar-refractivity contribution is 7.66. The van der Waals surface area contributed by atoms with Gasteiger partial charge in [0.25, 0.3) is 5.56 Å². The zero-order valence-corrected chi connectivity index (χ0v) is 17.0. The first-order chi connectivity index (χ1) is 13.6. The lowest BCUT2D eigenvalue weighted by Crippen LogP contribution is -2.40. The first-order valence-electron chi connectivity index (χ1n) is 7.45. The van der Waals surface area contributed by atoms with E-state index in [-0.39, 0.29) is 6.42 Å². The second-order valence-electron chi connectivity index (χ2n) is 5.58. The van der Waals surface area contributed by atoms with Gasteiger partial charge < -0.3 is 29.4 Å². The third-order valence-corrected chi connectivity index (χ3v) is 7.15. The lowest BCUT2D eigenvalue weighted by atomic mass is 10.2. The monoisotopic (exact) mass is 499 g/mol. The van der Waals surface area contributed by atoms with E-state index in [1.807, 2.05) is 4.98 Å². The van der Waals surface area contributed by atoms with Gasteiger partial charge in [-0.05, 0) is 0 Å². The van der Waals surface area contributed by atoms with E-state index in [2.05, 4.69) is 18.0 Å². The number of phosphoric acid groups is 3. The molecule has 0 saturated carbocycles. The first-order valence-corrected chi connectivity index (χ1v) is 12.0. The summed E-state index contributed by atoms with van der Waals surface area (Å²) < 4.78 is 51.4. The number of aliphatic hydroxyl groups excluding tert-OH is 1. The van der Waals surface area contributed by atoms with Crippen LogP contribution in [0.4, 0.5) is 0 Å². The average Bonchev–Trinajstić information content (AvgIpc) is 2.90. The summed E-state index contributed by atoms with van der Waals surface area (Å²) in [6, 6.07) is 0.980. The van der Waals surface area contributed by atoms with Gasteiger partial charge in [-0.25, -0.2) is 24.4 Å². The molecule has 2 heterocycles. The van der Waals surface area contributed by atoms with Gasteiger partial charge >= 0.3 is 29.2 Å². The summed E-state index contributed by atoms with van der Waals surface area (Å²) in [6.45, 7) is 0. The Morgan fingerprint density at radius 2 is 1.80 bits per heavy atom. The highest BCUT2D eigenvalue weighted by Gasteiger charge is 2.47. The molecule has 1 aliphatic heterocycles. The second-order valence-corrected chi connectivity index (χ2v) is 9.95. The minimum Gasteiger partial charge on any atom is -0.390 e. The standard InChI is InChI=1S/C9H16N3O15P3/c10-24-8(25-29(19,20)27-30(21,22)26-28(16,17)18)7-4(13)3-6(23-7)12-2-1-5(14)11-9(12)15/h1-2,4,6-8,13H,3,10H2,(H,19,20)(H,21,22)(H,11,14,15)(H2,16,17,18)/t4-,6+,7-,8?/m0/s1. The number of aromatic amines is 1. The fourth-order valence-corrected chi connectivity index (χ4v) is 5.43. The van der Waals surface area contributed by atoms with E-state index in [9.17, 15) is 33.3 Å². The number of hydrogen-bond acceptors (Lipinski definition) is 12. The molecule has 0 spiro atoms. The van der Waals surface area contributed by atoms with Gasteiger partial charge in [0, 0.05) is 18.7 Å². The van der Waals surface area contributed by atoms with Gasteiger partial charge in [-0.3, -0.25) is 23.7 Å². The number of ether oxygens (including phenoxy) is 1. The van der Waals surface area contributed by atoms with Crippen LogP contribution in [-0.2, 0) is 36.4 Å². The van der Waals surface area contributed by atoms with Crippen molar-refractivity contribution in [2.75, 3.05) is 0 Å². The molecule has 3 unspecified atom stereocenters. The normalized spacial score (nSPS) is 27.3. The third-order valence-electron chi connectivity index (χ3n) is 3.35. The van der Waals surface area contributed by atoms with Crippen molar-refractivity contribution in [3.63, 3.8) is 0 Å². The predicted molar refractivity (Wildman–Crippen MR) is 89.9 cm³/mol. The number of nitrogens with zero attached hydrogens (tertiary/aromatic N) is 1. The largest absolute Gasteiger partial charge is 0.490 e. The molecule has 30 heavy (non-hydrogen) atoms. The molecule has 8 N–H and O–H groups in total. The number of H-pyrrole nitrogens is 1. The number of nitrogens with one attached hydrogen (secondary N) is 1. The van der Waals surface area contributed by atoms with Crippen molar-refractivity contribution >= 4 is 23.5 Å². The molecule has 1 aromatic rings. The summed E-state index contributed by atoms with van der Waals surface area (Å²) in [5, 5.41) is 10.1. The smallest absolute Gasteiger partial charge is 0.390 e. The van der Waals surface area contributed by atoms with E-state index in [4.69, 9.17) is 25.3 Å². The Morgan fingerprint density at radius 1 is 1.17 bits per heavy atom. The topological polar surface area (TPSA) is 279 Å². The molecular formula is C9H16N3O15P3. The maximum atomic E-state index is 11.9. The van der Waals surface area contributed by atoms with Crippen LogP contribution in [0, 0.1) is 0 Å². The second kappa shape index (κ2) is 9.20. The summed E-state index contributed by atoms with van der Waals surface area (Å²) in [7, 11) is -17.1. The lowest BCUT2D eigenvalue weighted by Gasteiger charge is -2.25. The van der Waals surface area contributed by atoms with Crippen molar-refractivity contribution in [1.29, 1.82) is 0 Å². The SMILES string of the molecule is NOC(OP(=O)(O)OP(=O)(O)OP(=O)(O)O)[C@H]1O[C@@H](n2ccc(=O)[nH]c2=O)C[C@@H]1O. The molecule has 18 nitrogen and oxygen atoms in total. The van der Waals surface area contributed by atoms with Gasteiger partial charge in [0.05, 0.1) is 6.10 Å². The summed E-state index contributed by atoms with van der Waals surface area (Å²) in [4.78, 5) is 64.7. The number of aromatic nitrogens is 2. The Kier molecular flexibility index (Phi) is 7.72. The molecule has 0 bridgehead atoms. The quantitative estimate of drug-likeness (QED) is 0.107. The summed E-state index contributed by atoms with van der Waals surface area (Å²) in [5.41, 5.74) is -1.61. The van der Waals surface area contributed by atoms with E-state index in [0.717, 1.165) is 16.8 Å². The van der Waals surface area contributed by atoms with Gasteiger partial charge in [0.2, 0.25) is 6.29 Å². The van der Waals surface area contributed by atoms with Crippen molar-refractivity contribution < 1.29 is 61.1 Å². The fraction of sp³-hybridized carbons (Fsp3) is 0.556. The lowest BCUT2D eigenvalue weighted by molar-refractivity contribution is -0.190. The van der Waals surface area contributed by atoms with E-state index >= 15 is 0 Å². The summed E-state index contributed by atoms with van der Waals surface area (Å²) in [5.74, 6) is 4.91. The Hall–Kier alpha value is -1.07. The van der Waals surface area contributed by atoms with Crippen molar-refractivity contribution in [2.45, 2.75) is 31.1 Å². The van der Waals surface area contributed by atoms with Crippen LogP contribution in [0.25, 0.3) is 0 Å². The minimum atomic E-state index is -5.80. The number of nitrogens with two attached hydrogens (primary N) is 1. The molecule has 1 aromatic heterocycles. The molecule has 1 fully saturated rings. The summed E-state index contributed by atoms with van der Waals surface area (Å²) >= 11 is 0. The zero-order valence-electron chi connectivity index (χ0n) is 14.4. The van der Waals surface area contributed by atoms with Gasteiger partial charge in [-0.2, -0.15) is 8.62 Å². The summed E-state index contributed by atoms with van der Waals surface area (Å²) in [6.07, 6.45) is -5.82. The van der Waals surface area contributed by atoms with Crippen LogP contribution in [0.3, 0.4) is 0 Å². The van der Waals surface area contributed by atoms with Gasteiger partial charge in [-0.1, -0.05) is 0 Å². The van der Waals surface area contributed by atoms with Crippen molar-refractivity contribution in [3.05, 3.63) is 33.1 Å². The van der Waals surface area contributed by atoms with Gasteiger partial charge in [0.1, 0.15) is 12.3 Å². The van der Waals surface area contributed by atoms with Crippen LogP contribution >= 0.6 is 23.5 Å². The molecule has 0 aliphatic carbocycles. The number of phosphoric ester groups is 1. The predicted octanol–water partition coefficient (Wildman–Crippen LogP) is -2.26. The molecule has 0 aromatic carbocycles. The van der Waals surface area contributed by atoms with E-state index in [0.29, 0.717) is 0 Å². The first kappa shape index (κ1) is 25.2. The number of rotatable bonds is 9. The maximum Gasteiger partial charge on any atom is 0.490 e. The Balaban J connectivity index is 2.14. The average molecular weight is 499 g/mol. The molecule has 21 heteroatoms. The minimum absolute atomic E-state index is 0.309. The molecule has 0 radical (unpaired) electrons. The van der Waals surface area contributed by atoms with E-state index in [1.54, 1.807) is 0 Å². The van der Waals surface area contributed by atoms with Crippen molar-refractivity contribution in [2.24, 2.45) is 5.90 Å².